The summed E-state index contributed by atoms with van der Waals surface area (Å²) in [6, 6.07) is 16.1. The second-order valence-electron chi connectivity index (χ2n) is 9.53. The summed E-state index contributed by atoms with van der Waals surface area (Å²) in [5.74, 6) is -0.723. The number of unbranched alkanes of at least 4 members (excludes halogenated alkanes) is 1. The van der Waals surface area contributed by atoms with Gasteiger partial charge in [0.2, 0.25) is 5.91 Å². The van der Waals surface area contributed by atoms with Gasteiger partial charge in [0.15, 0.2) is 0 Å². The molecule has 2 aromatic rings. The number of benzene rings is 2. The molecule has 1 unspecified atom stereocenters. The van der Waals surface area contributed by atoms with Gasteiger partial charge >= 0.3 is 12.1 Å². The summed E-state index contributed by atoms with van der Waals surface area (Å²) in [7, 11) is 0. The Morgan fingerprint density at radius 3 is 2.20 bits per heavy atom. The van der Waals surface area contributed by atoms with Gasteiger partial charge < -0.3 is 20.5 Å². The number of carboxylic acid groups (broad SMARTS) is 1. The predicted octanol–water partition coefficient (Wildman–Crippen LogP) is 4.85. The van der Waals surface area contributed by atoms with E-state index in [1.807, 2.05) is 24.3 Å². The molecule has 0 bridgehead atoms. The van der Waals surface area contributed by atoms with Crippen LogP contribution in [-0.2, 0) is 14.3 Å². The Hall–Kier alpha value is -3.35. The van der Waals surface area contributed by atoms with Crippen LogP contribution < -0.4 is 10.6 Å². The van der Waals surface area contributed by atoms with Crippen LogP contribution in [-0.4, -0.2) is 42.3 Å². The molecule has 1 saturated carbocycles. The van der Waals surface area contributed by atoms with Crippen molar-refractivity contribution >= 4 is 18.0 Å². The van der Waals surface area contributed by atoms with Crippen molar-refractivity contribution in [1.82, 2.24) is 10.6 Å². The van der Waals surface area contributed by atoms with E-state index in [4.69, 9.17) is 9.84 Å². The number of fused-ring (bicyclic) bond motifs is 3. The van der Waals surface area contributed by atoms with E-state index in [9.17, 15) is 14.4 Å². The van der Waals surface area contributed by atoms with E-state index in [1.54, 1.807) is 0 Å². The normalized spacial score (nSPS) is 15.8. The van der Waals surface area contributed by atoms with E-state index >= 15 is 0 Å². The van der Waals surface area contributed by atoms with Crippen molar-refractivity contribution in [3.8, 4) is 11.1 Å². The van der Waals surface area contributed by atoms with Gasteiger partial charge in [0.1, 0.15) is 6.61 Å². The van der Waals surface area contributed by atoms with E-state index in [-0.39, 0.29) is 36.8 Å². The summed E-state index contributed by atoms with van der Waals surface area (Å²) < 4.78 is 5.53. The Morgan fingerprint density at radius 1 is 0.943 bits per heavy atom. The van der Waals surface area contributed by atoms with Crippen molar-refractivity contribution in [2.45, 2.75) is 63.3 Å². The standard InChI is InChI=1S/C28H34N2O5/c31-26(30-25(17-27(32)33)19-9-1-2-10-19)15-7-8-16-29-28(34)35-18-24-22-13-5-3-11-20(22)21-12-4-6-14-23(21)24/h3-6,11-14,19,24-25H,1-2,7-10,15-18H2,(H,29,34)(H,30,31)(H,32,33). The third kappa shape index (κ3) is 6.41. The highest BCUT2D eigenvalue weighted by Gasteiger charge is 2.29. The zero-order valence-electron chi connectivity index (χ0n) is 20.0. The molecule has 0 radical (unpaired) electrons. The molecular formula is C28H34N2O5. The van der Waals surface area contributed by atoms with Crippen molar-refractivity contribution < 1.29 is 24.2 Å². The number of hydrogen-bond donors (Lipinski definition) is 3. The minimum atomic E-state index is -0.880. The van der Waals surface area contributed by atoms with E-state index in [0.29, 0.717) is 25.8 Å². The zero-order valence-corrected chi connectivity index (χ0v) is 20.0. The lowest BCUT2D eigenvalue weighted by Crippen LogP contribution is -2.41. The van der Waals surface area contributed by atoms with Crippen molar-refractivity contribution in [2.75, 3.05) is 13.2 Å². The zero-order chi connectivity index (χ0) is 24.6. The van der Waals surface area contributed by atoms with Crippen molar-refractivity contribution in [1.29, 1.82) is 0 Å². The quantitative estimate of drug-likeness (QED) is 0.401. The van der Waals surface area contributed by atoms with Crippen LogP contribution in [0.15, 0.2) is 48.5 Å². The van der Waals surface area contributed by atoms with Crippen LogP contribution in [0.4, 0.5) is 4.79 Å². The summed E-state index contributed by atoms with van der Waals surface area (Å²) in [5, 5.41) is 14.9. The topological polar surface area (TPSA) is 105 Å². The maximum absolute atomic E-state index is 12.3. The van der Waals surface area contributed by atoms with Crippen LogP contribution in [0.2, 0.25) is 0 Å². The molecule has 2 aromatic carbocycles. The molecule has 35 heavy (non-hydrogen) atoms. The van der Waals surface area contributed by atoms with Crippen LogP contribution in [0.3, 0.4) is 0 Å². The van der Waals surface area contributed by atoms with Crippen LogP contribution in [0.1, 0.15) is 68.4 Å². The highest BCUT2D eigenvalue weighted by Crippen LogP contribution is 2.44. The van der Waals surface area contributed by atoms with Gasteiger partial charge in [0.25, 0.3) is 0 Å². The maximum Gasteiger partial charge on any atom is 0.407 e. The largest absolute Gasteiger partial charge is 0.481 e. The number of rotatable bonds is 11. The van der Waals surface area contributed by atoms with Crippen molar-refractivity contribution in [2.24, 2.45) is 5.92 Å². The predicted molar refractivity (Wildman–Crippen MR) is 133 cm³/mol. The number of hydrogen-bond acceptors (Lipinski definition) is 4. The molecule has 2 amide bonds. The number of carbonyl (C=O) groups excluding carboxylic acids is 2. The number of nitrogens with one attached hydrogen (secondary N) is 2. The second-order valence-corrected chi connectivity index (χ2v) is 9.53. The number of carboxylic acids is 1. The molecule has 0 aliphatic heterocycles. The molecule has 1 atom stereocenters. The van der Waals surface area contributed by atoms with Gasteiger partial charge in [-0.2, -0.15) is 0 Å². The second kappa shape index (κ2) is 11.9. The van der Waals surface area contributed by atoms with Gasteiger partial charge in [-0.15, -0.1) is 0 Å². The summed E-state index contributed by atoms with van der Waals surface area (Å²) >= 11 is 0. The first-order valence-corrected chi connectivity index (χ1v) is 12.6. The van der Waals surface area contributed by atoms with Gasteiger partial charge in [-0.1, -0.05) is 61.4 Å². The third-order valence-corrected chi connectivity index (χ3v) is 7.15. The highest BCUT2D eigenvalue weighted by molar-refractivity contribution is 5.79. The molecule has 7 nitrogen and oxygen atoms in total. The Kier molecular flexibility index (Phi) is 8.40. The first-order chi connectivity index (χ1) is 17.0. The van der Waals surface area contributed by atoms with Crippen LogP contribution in [0.5, 0.6) is 0 Å². The van der Waals surface area contributed by atoms with Crippen LogP contribution in [0, 0.1) is 5.92 Å². The highest BCUT2D eigenvalue weighted by atomic mass is 16.5. The van der Waals surface area contributed by atoms with Crippen molar-refractivity contribution in [3.63, 3.8) is 0 Å². The van der Waals surface area contributed by atoms with E-state index in [1.165, 1.54) is 22.3 Å². The minimum Gasteiger partial charge on any atom is -0.481 e. The van der Waals surface area contributed by atoms with Gasteiger partial charge in [0.05, 0.1) is 6.42 Å². The molecule has 1 fully saturated rings. The van der Waals surface area contributed by atoms with E-state index < -0.39 is 12.1 Å². The molecule has 0 heterocycles. The molecule has 0 aromatic heterocycles. The SMILES string of the molecule is O=C(O)CC(NC(=O)CCCCNC(=O)OCC1c2ccccc2-c2ccccc21)C1CCCC1. The number of aliphatic carboxylic acids is 1. The summed E-state index contributed by atoms with van der Waals surface area (Å²) in [5.41, 5.74) is 4.72. The van der Waals surface area contributed by atoms with Gasteiger partial charge in [0, 0.05) is 24.9 Å². The Balaban J connectivity index is 1.15. The monoisotopic (exact) mass is 478 g/mol. The molecule has 186 valence electrons. The van der Waals surface area contributed by atoms with E-state index in [2.05, 4.69) is 34.9 Å². The number of carbonyl (C=O) groups is 3. The van der Waals surface area contributed by atoms with Gasteiger partial charge in [-0.3, -0.25) is 9.59 Å². The molecule has 3 N–H and O–H groups in total. The molecule has 7 heteroatoms. The van der Waals surface area contributed by atoms with E-state index in [0.717, 1.165) is 25.7 Å². The lowest BCUT2D eigenvalue weighted by molar-refractivity contribution is -0.138. The average Bonchev–Trinajstić information content (AvgIpc) is 3.49. The molecule has 2 aliphatic carbocycles. The molecular weight excluding hydrogens is 444 g/mol. The summed E-state index contributed by atoms with van der Waals surface area (Å²) in [6.07, 6.45) is 5.22. The smallest absolute Gasteiger partial charge is 0.407 e. The molecule has 4 rings (SSSR count). The molecule has 0 spiro atoms. The Labute approximate surface area is 206 Å². The van der Waals surface area contributed by atoms with Crippen LogP contribution in [0.25, 0.3) is 11.1 Å². The molecule has 2 aliphatic rings. The number of amides is 2. The fourth-order valence-electron chi connectivity index (χ4n) is 5.41. The summed E-state index contributed by atoms with van der Waals surface area (Å²) in [4.78, 5) is 35.7. The van der Waals surface area contributed by atoms with Gasteiger partial charge in [-0.05, 0) is 53.9 Å². The first kappa shape index (κ1) is 24.8. The van der Waals surface area contributed by atoms with Crippen molar-refractivity contribution in [3.05, 3.63) is 59.7 Å². The average molecular weight is 479 g/mol. The first-order valence-electron chi connectivity index (χ1n) is 12.6. The Morgan fingerprint density at radius 2 is 1.57 bits per heavy atom. The fraction of sp³-hybridized carbons (Fsp3) is 0.464. The molecule has 0 saturated heterocycles. The third-order valence-electron chi connectivity index (χ3n) is 7.15. The fourth-order valence-corrected chi connectivity index (χ4v) is 5.41. The van der Waals surface area contributed by atoms with Crippen LogP contribution >= 0.6 is 0 Å². The lowest BCUT2D eigenvalue weighted by Gasteiger charge is -2.23. The maximum atomic E-state index is 12.3. The number of ether oxygens (including phenoxy) is 1. The number of alkyl carbamates (subject to hydrolysis) is 1. The summed E-state index contributed by atoms with van der Waals surface area (Å²) in [6.45, 7) is 0.694. The van der Waals surface area contributed by atoms with Gasteiger partial charge in [-0.25, -0.2) is 4.79 Å². The minimum absolute atomic E-state index is 0.0236. The Bertz CT molecular complexity index is 1000. The lowest BCUT2D eigenvalue weighted by atomic mass is 9.95.